The summed E-state index contributed by atoms with van der Waals surface area (Å²) >= 11 is 0. The van der Waals surface area contributed by atoms with E-state index in [-0.39, 0.29) is 36.1 Å². The lowest BCUT2D eigenvalue weighted by molar-refractivity contribution is -0.123. The fourth-order valence-electron chi connectivity index (χ4n) is 3.05. The Hall–Kier alpha value is -0.970. The first kappa shape index (κ1) is 19.1. The SMILES string of the molecule is CC1(C(=O)Nc2cccc(N3CCCC3)c2)CCNC1.Cl.Cl. The van der Waals surface area contributed by atoms with Gasteiger partial charge in [0.25, 0.3) is 0 Å². The van der Waals surface area contributed by atoms with Gasteiger partial charge in [0.2, 0.25) is 5.91 Å². The molecule has 1 unspecified atom stereocenters. The topological polar surface area (TPSA) is 44.4 Å². The molecule has 2 aliphatic rings. The minimum atomic E-state index is -0.274. The quantitative estimate of drug-likeness (QED) is 0.884. The Morgan fingerprint density at radius 1 is 1.27 bits per heavy atom. The molecule has 0 spiro atoms. The van der Waals surface area contributed by atoms with Crippen LogP contribution in [0.4, 0.5) is 11.4 Å². The van der Waals surface area contributed by atoms with Crippen LogP contribution < -0.4 is 15.5 Å². The Kier molecular flexibility index (Phi) is 6.98. The highest BCUT2D eigenvalue weighted by Crippen LogP contribution is 2.28. The van der Waals surface area contributed by atoms with E-state index in [0.717, 1.165) is 38.3 Å². The second kappa shape index (κ2) is 8.04. The van der Waals surface area contributed by atoms with Crippen LogP contribution in [0.2, 0.25) is 0 Å². The molecule has 0 aromatic heterocycles. The number of carbonyl (C=O) groups is 1. The van der Waals surface area contributed by atoms with Crippen LogP contribution >= 0.6 is 24.8 Å². The van der Waals surface area contributed by atoms with Crippen molar-refractivity contribution in [1.82, 2.24) is 5.32 Å². The van der Waals surface area contributed by atoms with Gasteiger partial charge in [0.1, 0.15) is 0 Å². The predicted molar refractivity (Wildman–Crippen MR) is 96.6 cm³/mol. The smallest absolute Gasteiger partial charge is 0.231 e. The summed E-state index contributed by atoms with van der Waals surface area (Å²) in [4.78, 5) is 14.8. The zero-order valence-corrected chi connectivity index (χ0v) is 14.6. The lowest BCUT2D eigenvalue weighted by atomic mass is 9.89. The number of rotatable bonds is 3. The summed E-state index contributed by atoms with van der Waals surface area (Å²) < 4.78 is 0. The number of nitrogens with zero attached hydrogens (tertiary/aromatic N) is 1. The van der Waals surface area contributed by atoms with Crippen molar-refractivity contribution in [1.29, 1.82) is 0 Å². The number of carbonyl (C=O) groups excluding carboxylic acids is 1. The number of hydrogen-bond donors (Lipinski definition) is 2. The van der Waals surface area contributed by atoms with Crippen molar-refractivity contribution in [2.75, 3.05) is 36.4 Å². The van der Waals surface area contributed by atoms with Gasteiger partial charge in [-0.3, -0.25) is 4.79 Å². The summed E-state index contributed by atoms with van der Waals surface area (Å²) in [5.74, 6) is 0.126. The van der Waals surface area contributed by atoms with Gasteiger partial charge in [0.15, 0.2) is 0 Å². The van der Waals surface area contributed by atoms with E-state index in [0.29, 0.717) is 0 Å². The zero-order chi connectivity index (χ0) is 14.0. The van der Waals surface area contributed by atoms with Crippen LogP contribution in [-0.4, -0.2) is 32.1 Å². The molecule has 0 bridgehead atoms. The van der Waals surface area contributed by atoms with Gasteiger partial charge in [-0.2, -0.15) is 0 Å². The number of amides is 1. The highest BCUT2D eigenvalue weighted by Gasteiger charge is 2.36. The highest BCUT2D eigenvalue weighted by atomic mass is 35.5. The molecule has 0 radical (unpaired) electrons. The van der Waals surface area contributed by atoms with Crippen LogP contribution in [0.3, 0.4) is 0 Å². The standard InChI is InChI=1S/C16H23N3O.2ClH/c1-16(7-8-17-12-16)15(20)18-13-5-4-6-14(11-13)19-9-2-3-10-19;;/h4-6,11,17H,2-3,7-10,12H2,1H3,(H,18,20);2*1H. The zero-order valence-electron chi connectivity index (χ0n) is 12.9. The average Bonchev–Trinajstić information content (AvgIpc) is 3.11. The fourth-order valence-corrected chi connectivity index (χ4v) is 3.05. The number of benzene rings is 1. The van der Waals surface area contributed by atoms with Gasteiger partial charge in [-0.05, 0) is 50.9 Å². The molecule has 4 nitrogen and oxygen atoms in total. The Balaban J connectivity index is 0.00000121. The second-order valence-corrected chi connectivity index (χ2v) is 6.19. The molecule has 2 aliphatic heterocycles. The van der Waals surface area contributed by atoms with Crippen LogP contribution in [0.25, 0.3) is 0 Å². The minimum Gasteiger partial charge on any atom is -0.371 e. The maximum atomic E-state index is 12.4. The average molecular weight is 346 g/mol. The van der Waals surface area contributed by atoms with E-state index in [1.54, 1.807) is 0 Å². The number of anilines is 2. The van der Waals surface area contributed by atoms with E-state index in [4.69, 9.17) is 0 Å². The van der Waals surface area contributed by atoms with Crippen LogP contribution in [-0.2, 0) is 4.79 Å². The van der Waals surface area contributed by atoms with Crippen molar-refractivity contribution < 1.29 is 4.79 Å². The second-order valence-electron chi connectivity index (χ2n) is 6.19. The van der Waals surface area contributed by atoms with E-state index in [2.05, 4.69) is 27.7 Å². The number of hydrogen-bond acceptors (Lipinski definition) is 3. The van der Waals surface area contributed by atoms with Crippen molar-refractivity contribution in [2.24, 2.45) is 5.41 Å². The summed E-state index contributed by atoms with van der Waals surface area (Å²) in [6, 6.07) is 8.22. The van der Waals surface area contributed by atoms with Gasteiger partial charge in [0.05, 0.1) is 5.41 Å². The first-order chi connectivity index (χ1) is 9.67. The highest BCUT2D eigenvalue weighted by molar-refractivity contribution is 5.95. The molecular formula is C16H25Cl2N3O. The number of nitrogens with one attached hydrogen (secondary N) is 2. The predicted octanol–water partition coefficient (Wildman–Crippen LogP) is 3.07. The first-order valence-electron chi connectivity index (χ1n) is 7.55. The van der Waals surface area contributed by atoms with Crippen molar-refractivity contribution in [3.05, 3.63) is 24.3 Å². The Morgan fingerprint density at radius 3 is 2.64 bits per heavy atom. The van der Waals surface area contributed by atoms with Gasteiger partial charge in [-0.25, -0.2) is 0 Å². The third-order valence-corrected chi connectivity index (χ3v) is 4.49. The molecule has 0 aliphatic carbocycles. The van der Waals surface area contributed by atoms with Gasteiger partial charge in [0, 0.05) is 31.0 Å². The van der Waals surface area contributed by atoms with Crippen LogP contribution in [0.5, 0.6) is 0 Å². The van der Waals surface area contributed by atoms with Crippen LogP contribution in [0.1, 0.15) is 26.2 Å². The maximum Gasteiger partial charge on any atom is 0.231 e. The van der Waals surface area contributed by atoms with E-state index in [1.807, 2.05) is 19.1 Å². The first-order valence-corrected chi connectivity index (χ1v) is 7.55. The molecule has 1 aromatic rings. The van der Waals surface area contributed by atoms with E-state index >= 15 is 0 Å². The third-order valence-electron chi connectivity index (χ3n) is 4.49. The number of halogens is 2. The normalized spacial score (nSPS) is 23.6. The van der Waals surface area contributed by atoms with Gasteiger partial charge < -0.3 is 15.5 Å². The summed E-state index contributed by atoms with van der Waals surface area (Å²) in [5, 5.41) is 6.35. The monoisotopic (exact) mass is 345 g/mol. The third kappa shape index (κ3) is 4.06. The molecule has 2 fully saturated rings. The van der Waals surface area contributed by atoms with Crippen LogP contribution in [0, 0.1) is 5.41 Å². The minimum absolute atomic E-state index is 0. The van der Waals surface area contributed by atoms with Gasteiger partial charge in [-0.1, -0.05) is 6.07 Å². The molecule has 0 saturated carbocycles. The maximum absolute atomic E-state index is 12.4. The summed E-state index contributed by atoms with van der Waals surface area (Å²) in [7, 11) is 0. The lowest BCUT2D eigenvalue weighted by Gasteiger charge is -2.23. The fraction of sp³-hybridized carbons (Fsp3) is 0.562. The molecular weight excluding hydrogens is 321 g/mol. The van der Waals surface area contributed by atoms with E-state index in [1.165, 1.54) is 18.5 Å². The Labute approximate surface area is 144 Å². The van der Waals surface area contributed by atoms with E-state index < -0.39 is 0 Å². The molecule has 2 saturated heterocycles. The Bertz CT molecular complexity index is 498. The molecule has 2 heterocycles. The summed E-state index contributed by atoms with van der Waals surface area (Å²) in [6.07, 6.45) is 3.44. The lowest BCUT2D eigenvalue weighted by Crippen LogP contribution is -2.35. The Morgan fingerprint density at radius 2 is 2.00 bits per heavy atom. The van der Waals surface area contributed by atoms with Gasteiger partial charge >= 0.3 is 0 Å². The molecule has 2 N–H and O–H groups in total. The van der Waals surface area contributed by atoms with Crippen LogP contribution in [0.15, 0.2) is 24.3 Å². The van der Waals surface area contributed by atoms with Crippen molar-refractivity contribution in [3.63, 3.8) is 0 Å². The van der Waals surface area contributed by atoms with E-state index in [9.17, 15) is 4.79 Å². The van der Waals surface area contributed by atoms with Crippen molar-refractivity contribution in [3.8, 4) is 0 Å². The molecule has 6 heteroatoms. The molecule has 124 valence electrons. The molecule has 1 aromatic carbocycles. The molecule has 1 amide bonds. The summed E-state index contributed by atoms with van der Waals surface area (Å²) in [6.45, 7) is 5.98. The van der Waals surface area contributed by atoms with Crippen molar-refractivity contribution in [2.45, 2.75) is 26.2 Å². The molecule has 22 heavy (non-hydrogen) atoms. The molecule has 1 atom stereocenters. The van der Waals surface area contributed by atoms with Gasteiger partial charge in [-0.15, -0.1) is 24.8 Å². The largest absolute Gasteiger partial charge is 0.371 e. The van der Waals surface area contributed by atoms with Crippen molar-refractivity contribution >= 4 is 42.1 Å². The molecule has 3 rings (SSSR count). The summed E-state index contributed by atoms with van der Waals surface area (Å²) in [5.41, 5.74) is 1.85.